The van der Waals surface area contributed by atoms with Gasteiger partial charge in [0.2, 0.25) is 10.7 Å². The van der Waals surface area contributed by atoms with E-state index in [1.54, 1.807) is 34.8 Å². The molecule has 0 saturated carbocycles. The molecule has 75 heavy (non-hydrogen) atoms. The van der Waals surface area contributed by atoms with Crippen molar-refractivity contribution < 1.29 is 42.4 Å². The van der Waals surface area contributed by atoms with Crippen molar-refractivity contribution in [2.45, 2.75) is 4.90 Å². The molecule has 19 heteroatoms. The Morgan fingerprint density at radius 3 is 1.32 bits per heavy atom. The second-order valence-corrected chi connectivity index (χ2v) is 23.8. The third kappa shape index (κ3) is 17.4. The lowest BCUT2D eigenvalue weighted by molar-refractivity contribution is -0.462. The first kappa shape index (κ1) is 61.4. The number of aliphatic imine (C=N–C) groups is 1. The van der Waals surface area contributed by atoms with Crippen LogP contribution in [0.4, 0.5) is 28.4 Å². The number of allylic oxidation sites excluding steroid dienone is 4. The van der Waals surface area contributed by atoms with Crippen molar-refractivity contribution in [1.29, 1.82) is 0 Å². The van der Waals surface area contributed by atoms with Crippen molar-refractivity contribution >= 4 is 103 Å². The summed E-state index contributed by atoms with van der Waals surface area (Å²) in [5.74, 6) is 0. The highest BCUT2D eigenvalue weighted by Gasteiger charge is 2.16. The molecule has 1 N–H and O–H groups in total. The van der Waals surface area contributed by atoms with E-state index < -0.39 is 9.15 Å². The molecule has 0 bridgehead atoms. The molecular weight excluding hydrogens is 1060 g/mol. The number of benzene rings is 6. The van der Waals surface area contributed by atoms with E-state index in [-0.39, 0.29) is 24.8 Å². The molecule has 9 rings (SSSR count). The molecule has 3 aliphatic carbocycles. The largest absolute Gasteiger partial charge is 1.00 e. The minimum absolute atomic E-state index is 0. The molecule has 0 fully saturated rings. The van der Waals surface area contributed by atoms with Crippen LogP contribution < -0.4 is 64.3 Å². The Hall–Kier alpha value is -6.18. The van der Waals surface area contributed by atoms with Crippen molar-refractivity contribution in [3.05, 3.63) is 156 Å². The summed E-state index contributed by atoms with van der Waals surface area (Å²) in [6.45, 7) is 0. The maximum absolute atomic E-state index is 11.3. The smallest absolute Gasteiger partial charge is 0.324 e. The number of hydrogen-bond acceptors (Lipinski definition) is 12. The molecule has 2 aliphatic heterocycles. The first-order chi connectivity index (χ1) is 34.5. The van der Waals surface area contributed by atoms with Gasteiger partial charge >= 0.3 is 9.15 Å². The molecule has 4 aromatic carbocycles. The molecule has 4 aromatic rings. The van der Waals surface area contributed by atoms with Crippen LogP contribution in [0.2, 0.25) is 0 Å². The fourth-order valence-electron chi connectivity index (χ4n) is 7.06. The Kier molecular flexibility index (Phi) is 22.6. The Labute approximate surface area is 466 Å². The SMILES string of the molecule is CN(C)c1ccc(N=C2C=CC(=[N+](C)C)C=C2)c(SS(=O)(=O)O)c1.CN(C)c1ccc2nc3ccc(=[N+](C)C)cc-3sc2c1.CN(C)c1ccc2nc3ccc(=[N+](C)C)cc-3sc2c1.CN(C)c1ccccc1.[Cl-].[Cl-]. The van der Waals surface area contributed by atoms with Crippen molar-refractivity contribution in [2.24, 2.45) is 4.99 Å². The second-order valence-electron chi connectivity index (χ2n) is 18.4. The quantitative estimate of drug-likeness (QED) is 0.0840. The summed E-state index contributed by atoms with van der Waals surface area (Å²) in [4.78, 5) is 25.0. The van der Waals surface area contributed by atoms with Gasteiger partial charge in [0.15, 0.2) is 5.71 Å². The highest BCUT2D eigenvalue weighted by molar-refractivity contribution is 8.70. The van der Waals surface area contributed by atoms with Crippen LogP contribution in [0.1, 0.15) is 0 Å². The van der Waals surface area contributed by atoms with Gasteiger partial charge in [0.05, 0.1) is 57.9 Å². The lowest BCUT2D eigenvalue weighted by Crippen LogP contribution is -3.00. The summed E-state index contributed by atoms with van der Waals surface area (Å²) < 4.78 is 40.4. The molecule has 0 unspecified atom stereocenters. The zero-order valence-electron chi connectivity index (χ0n) is 45.0. The summed E-state index contributed by atoms with van der Waals surface area (Å²) in [6.07, 6.45) is 7.58. The van der Waals surface area contributed by atoms with Gasteiger partial charge in [0, 0.05) is 126 Å². The number of halogens is 2. The third-order valence-corrected chi connectivity index (χ3v) is 15.4. The van der Waals surface area contributed by atoms with Crippen LogP contribution in [-0.2, 0) is 9.15 Å². The van der Waals surface area contributed by atoms with Gasteiger partial charge in [-0.05, 0) is 91.0 Å². The number of fused-ring (bicyclic) bond motifs is 4. The van der Waals surface area contributed by atoms with E-state index in [9.17, 15) is 8.42 Å². The molecule has 0 spiro atoms. The zero-order valence-corrected chi connectivity index (χ0v) is 49.8. The van der Waals surface area contributed by atoms with E-state index in [0.717, 1.165) is 33.8 Å². The van der Waals surface area contributed by atoms with Crippen LogP contribution in [0, 0.1) is 0 Å². The Bertz CT molecular complexity index is 3400. The summed E-state index contributed by atoms with van der Waals surface area (Å²) in [5.41, 5.74) is 11.0. The fourth-order valence-corrected chi connectivity index (χ4v) is 10.8. The molecule has 0 radical (unpaired) electrons. The van der Waals surface area contributed by atoms with Gasteiger partial charge in [0.25, 0.3) is 0 Å². The molecule has 13 nitrogen and oxygen atoms in total. The first-order valence-corrected chi connectivity index (χ1v) is 27.7. The second kappa shape index (κ2) is 27.6. The predicted molar refractivity (Wildman–Crippen MR) is 317 cm³/mol. The maximum atomic E-state index is 11.3. The molecule has 396 valence electrons. The molecule has 0 saturated heterocycles. The predicted octanol–water partition coefficient (Wildman–Crippen LogP) is 3.32. The molecule has 5 aliphatic rings. The molecular formula is C56H67Cl2N10O3S4+. The summed E-state index contributed by atoms with van der Waals surface area (Å²) >= 11 is 3.60. The standard InChI is InChI=1S/C16H19N3O3S2.2C16H18N3S.C8H11N.2ClH/c1-18(2)13-7-5-12(6-8-13)17-15-10-9-14(19(3)4)11-16(15)23-24(20,21)22;2*1-18(2)11-5-7-13-15(9-11)20-16-10-12(19(3)4)6-8-14(16)17-13;1-9(2)8-6-4-3-5-7-8;;/h5-11H,1-4H3;2*5-10H,1-4H3;3-7H,1-2H3;2*1H/q;2*+1;;;/p-1. The Morgan fingerprint density at radius 1 is 0.507 bits per heavy atom. The topological polar surface area (TPSA) is 114 Å². The van der Waals surface area contributed by atoms with Gasteiger partial charge in [-0.2, -0.15) is 8.42 Å². The molecule has 0 atom stereocenters. The van der Waals surface area contributed by atoms with E-state index in [2.05, 4.69) is 170 Å². The zero-order chi connectivity index (χ0) is 53.1. The van der Waals surface area contributed by atoms with E-state index >= 15 is 0 Å². The minimum Gasteiger partial charge on any atom is -1.00 e. The van der Waals surface area contributed by atoms with Crippen LogP contribution >= 0.6 is 33.5 Å². The van der Waals surface area contributed by atoms with E-state index in [1.807, 2.05) is 100 Å². The van der Waals surface area contributed by atoms with Gasteiger partial charge in [-0.25, -0.2) is 28.7 Å². The first-order valence-electron chi connectivity index (χ1n) is 23.3. The average molecular weight is 1130 g/mol. The van der Waals surface area contributed by atoms with Crippen molar-refractivity contribution in [3.8, 4) is 21.1 Å². The Balaban J connectivity index is 0.000000223. The number of aromatic nitrogens is 2. The van der Waals surface area contributed by atoms with E-state index in [0.29, 0.717) is 27.1 Å². The minimum atomic E-state index is -4.22. The summed E-state index contributed by atoms with van der Waals surface area (Å²) in [6, 6.07) is 41.2. The van der Waals surface area contributed by atoms with Crippen LogP contribution in [0.25, 0.3) is 41.6 Å². The van der Waals surface area contributed by atoms with Gasteiger partial charge in [-0.3, -0.25) is 4.55 Å². The van der Waals surface area contributed by atoms with Gasteiger partial charge in [-0.15, -0.1) is 22.7 Å². The van der Waals surface area contributed by atoms with Crippen molar-refractivity contribution in [1.82, 2.24) is 19.1 Å². The third-order valence-electron chi connectivity index (χ3n) is 11.3. The van der Waals surface area contributed by atoms with Crippen LogP contribution in [0.15, 0.2) is 156 Å². The van der Waals surface area contributed by atoms with Gasteiger partial charge in [-0.1, -0.05) is 18.2 Å². The number of nitrogens with zero attached hydrogens (tertiary/aromatic N) is 10. The fraction of sp³-hybridized carbons (Fsp3) is 0.250. The van der Waals surface area contributed by atoms with Crippen molar-refractivity contribution in [3.63, 3.8) is 0 Å². The molecule has 0 aromatic heterocycles. The van der Waals surface area contributed by atoms with Gasteiger partial charge in [0.1, 0.15) is 42.3 Å². The average Bonchev–Trinajstić information content (AvgIpc) is 3.35. The monoisotopic (exact) mass is 1130 g/mol. The van der Waals surface area contributed by atoms with Crippen molar-refractivity contribution in [2.75, 3.05) is 118 Å². The maximum Gasteiger partial charge on any atom is 0.324 e. The lowest BCUT2D eigenvalue weighted by atomic mass is 10.1. The molecule has 2 heterocycles. The lowest BCUT2D eigenvalue weighted by Gasteiger charge is -2.14. The van der Waals surface area contributed by atoms with Crippen LogP contribution in [-0.4, -0.2) is 138 Å². The summed E-state index contributed by atoms with van der Waals surface area (Å²) in [5, 5.41) is 2.41. The van der Waals surface area contributed by atoms with Crippen LogP contribution in [0.3, 0.4) is 0 Å². The number of hydrogen-bond donors (Lipinski definition) is 1. The number of anilines is 4. The molecule has 0 amide bonds. The van der Waals surface area contributed by atoms with E-state index in [1.165, 1.54) is 46.9 Å². The normalized spacial score (nSPS) is 11.5. The van der Waals surface area contributed by atoms with Gasteiger partial charge < -0.3 is 44.4 Å². The summed E-state index contributed by atoms with van der Waals surface area (Å²) in [7, 11) is 24.3. The Morgan fingerprint density at radius 2 is 0.933 bits per heavy atom. The highest BCUT2D eigenvalue weighted by Crippen LogP contribution is 2.37. The van der Waals surface area contributed by atoms with Crippen LogP contribution in [0.5, 0.6) is 0 Å². The highest BCUT2D eigenvalue weighted by atomic mass is 35.5. The number of para-hydroxylation sites is 1. The number of rotatable bonds is 7. The van der Waals surface area contributed by atoms with E-state index in [4.69, 9.17) is 14.5 Å².